The average molecular weight is 435 g/mol. The first-order valence-electron chi connectivity index (χ1n) is 10.8. The third-order valence-electron chi connectivity index (χ3n) is 6.11. The van der Waals surface area contributed by atoms with Crippen LogP contribution in [-0.4, -0.2) is 45.1 Å². The molecule has 162 valence electrons. The largest absolute Gasteiger partial charge is 0.438 e. The highest BCUT2D eigenvalue weighted by Gasteiger charge is 2.47. The van der Waals surface area contributed by atoms with E-state index in [1.54, 1.807) is 6.20 Å². The van der Waals surface area contributed by atoms with Crippen molar-refractivity contribution >= 4 is 28.4 Å². The van der Waals surface area contributed by atoms with Crippen LogP contribution in [0.15, 0.2) is 61.1 Å². The van der Waals surface area contributed by atoms with Crippen molar-refractivity contribution in [1.29, 1.82) is 0 Å². The van der Waals surface area contributed by atoms with Gasteiger partial charge in [0.05, 0.1) is 28.5 Å². The number of benzene rings is 1. The van der Waals surface area contributed by atoms with Crippen molar-refractivity contribution in [2.75, 3.05) is 29.9 Å². The molecule has 2 saturated heterocycles. The van der Waals surface area contributed by atoms with Crippen LogP contribution in [0.4, 0.5) is 17.3 Å². The third kappa shape index (κ3) is 3.58. The highest BCUT2D eigenvalue weighted by Crippen LogP contribution is 2.34. The van der Waals surface area contributed by atoms with Gasteiger partial charge >= 0.3 is 0 Å². The minimum Gasteiger partial charge on any atom is -0.438 e. The zero-order valence-corrected chi connectivity index (χ0v) is 17.8. The summed E-state index contributed by atoms with van der Waals surface area (Å²) in [5, 5.41) is 6.83. The fourth-order valence-electron chi connectivity index (χ4n) is 4.23. The van der Waals surface area contributed by atoms with E-state index in [4.69, 9.17) is 16.1 Å². The Bertz CT molecular complexity index is 1370. The van der Waals surface area contributed by atoms with Gasteiger partial charge in [0.15, 0.2) is 5.82 Å². The predicted molar refractivity (Wildman–Crippen MR) is 127 cm³/mol. The lowest BCUT2D eigenvalue weighted by Crippen LogP contribution is -2.76. The van der Waals surface area contributed by atoms with Crippen molar-refractivity contribution in [3.8, 4) is 24.0 Å². The van der Waals surface area contributed by atoms with Gasteiger partial charge in [0, 0.05) is 13.1 Å². The summed E-state index contributed by atoms with van der Waals surface area (Å²) in [5.74, 6) is 5.22. The molecule has 2 aliphatic heterocycles. The molecule has 3 aromatic heterocycles. The number of aromatic nitrogens is 4. The highest BCUT2D eigenvalue weighted by molar-refractivity contribution is 5.88. The summed E-state index contributed by atoms with van der Waals surface area (Å²) in [4.78, 5) is 20.3. The molecule has 8 heteroatoms. The zero-order valence-electron chi connectivity index (χ0n) is 17.8. The van der Waals surface area contributed by atoms with Gasteiger partial charge in [-0.1, -0.05) is 24.1 Å². The summed E-state index contributed by atoms with van der Waals surface area (Å²) in [6, 6.07) is 15.2. The number of terminal acetylenes is 1. The van der Waals surface area contributed by atoms with Crippen molar-refractivity contribution in [2.45, 2.75) is 12.0 Å². The lowest BCUT2D eigenvalue weighted by molar-refractivity contribution is 0.159. The number of ether oxygens (including phenoxy) is 1. The molecule has 0 bridgehead atoms. The van der Waals surface area contributed by atoms with E-state index < -0.39 is 0 Å². The lowest BCUT2D eigenvalue weighted by atomic mass is 9.80. The van der Waals surface area contributed by atoms with Crippen LogP contribution in [0.25, 0.3) is 11.0 Å². The molecular formula is C25H21N7O. The van der Waals surface area contributed by atoms with Crippen LogP contribution in [0.3, 0.4) is 0 Å². The van der Waals surface area contributed by atoms with Crippen molar-refractivity contribution in [3.63, 3.8) is 0 Å². The third-order valence-corrected chi connectivity index (χ3v) is 6.11. The molecule has 6 rings (SSSR count). The van der Waals surface area contributed by atoms with Gasteiger partial charge < -0.3 is 20.3 Å². The monoisotopic (exact) mass is 435 g/mol. The van der Waals surface area contributed by atoms with Crippen LogP contribution in [0.1, 0.15) is 12.0 Å². The van der Waals surface area contributed by atoms with Crippen LogP contribution in [-0.2, 0) is 0 Å². The Morgan fingerprint density at radius 3 is 2.70 bits per heavy atom. The average Bonchev–Trinajstić information content (AvgIpc) is 2.79. The van der Waals surface area contributed by atoms with Crippen molar-refractivity contribution < 1.29 is 4.74 Å². The van der Waals surface area contributed by atoms with E-state index >= 15 is 0 Å². The van der Waals surface area contributed by atoms with E-state index in [0.717, 1.165) is 31.0 Å². The van der Waals surface area contributed by atoms with E-state index in [0.29, 0.717) is 34.2 Å². The minimum atomic E-state index is 0.283. The van der Waals surface area contributed by atoms with Gasteiger partial charge in [0.25, 0.3) is 0 Å². The van der Waals surface area contributed by atoms with Gasteiger partial charge in [0.2, 0.25) is 5.88 Å². The number of hydrogen-bond donors (Lipinski definition) is 2. The molecule has 1 spiro atoms. The van der Waals surface area contributed by atoms with Gasteiger partial charge in [-0.05, 0) is 43.3 Å². The topological polar surface area (TPSA) is 88.1 Å². The van der Waals surface area contributed by atoms with Crippen LogP contribution in [0.5, 0.6) is 11.6 Å². The van der Waals surface area contributed by atoms with Gasteiger partial charge in [-0.3, -0.25) is 0 Å². The van der Waals surface area contributed by atoms with Crippen molar-refractivity contribution in [2.24, 2.45) is 0 Å². The molecule has 2 N–H and O–H groups in total. The number of anilines is 3. The second-order valence-electron chi connectivity index (χ2n) is 8.33. The number of pyridine rings is 2. The van der Waals surface area contributed by atoms with Gasteiger partial charge in [-0.2, -0.15) is 0 Å². The Morgan fingerprint density at radius 1 is 1.09 bits per heavy atom. The summed E-state index contributed by atoms with van der Waals surface area (Å²) < 4.78 is 5.84. The summed E-state index contributed by atoms with van der Waals surface area (Å²) in [6.45, 7) is 3.05. The second-order valence-corrected chi connectivity index (χ2v) is 8.33. The number of nitrogens with one attached hydrogen (secondary N) is 2. The van der Waals surface area contributed by atoms with Gasteiger partial charge in [-0.15, -0.1) is 6.42 Å². The van der Waals surface area contributed by atoms with Crippen LogP contribution >= 0.6 is 0 Å². The number of hydrogen-bond acceptors (Lipinski definition) is 8. The molecule has 0 unspecified atom stereocenters. The second kappa shape index (κ2) is 7.73. The van der Waals surface area contributed by atoms with Crippen LogP contribution in [0, 0.1) is 12.3 Å². The van der Waals surface area contributed by atoms with Crippen LogP contribution < -0.4 is 20.3 Å². The Kier molecular flexibility index (Phi) is 4.56. The van der Waals surface area contributed by atoms with E-state index in [-0.39, 0.29) is 5.54 Å². The molecule has 4 aromatic rings. The van der Waals surface area contributed by atoms with Crippen LogP contribution in [0.2, 0.25) is 0 Å². The highest BCUT2D eigenvalue weighted by atomic mass is 16.5. The predicted octanol–water partition coefficient (Wildman–Crippen LogP) is 3.49. The Morgan fingerprint density at radius 2 is 1.94 bits per heavy atom. The molecule has 2 fully saturated rings. The van der Waals surface area contributed by atoms with Gasteiger partial charge in [0.1, 0.15) is 23.4 Å². The maximum atomic E-state index is 5.84. The molecule has 1 aromatic carbocycles. The number of fused-ring (bicyclic) bond motifs is 1. The maximum absolute atomic E-state index is 5.84. The Hall–Kier alpha value is -4.22. The quantitative estimate of drug-likeness (QED) is 0.461. The molecule has 2 aliphatic rings. The van der Waals surface area contributed by atoms with Crippen molar-refractivity contribution in [1.82, 2.24) is 25.3 Å². The lowest BCUT2D eigenvalue weighted by Gasteiger charge is -2.56. The summed E-state index contributed by atoms with van der Waals surface area (Å²) >= 11 is 0. The standard InChI is InChI=1S/C25H21N7O/c1-2-17-12-18(13-26-24(17)33-19-6-4-3-5-7-19)30-23-22-20(27-16-28-23)8-9-21(31-22)32-14-25(15-32)10-11-29-25/h1,3-9,12-13,16,29H,10-11,14-15H2,(H,27,28,30). The molecule has 0 amide bonds. The van der Waals surface area contributed by atoms with Gasteiger partial charge in [-0.25, -0.2) is 19.9 Å². The number of rotatable bonds is 5. The maximum Gasteiger partial charge on any atom is 0.235 e. The summed E-state index contributed by atoms with van der Waals surface area (Å²) in [7, 11) is 0. The van der Waals surface area contributed by atoms with E-state index in [9.17, 15) is 0 Å². The smallest absolute Gasteiger partial charge is 0.235 e. The molecule has 8 nitrogen and oxygen atoms in total. The fourth-order valence-corrected chi connectivity index (χ4v) is 4.23. The Balaban J connectivity index is 1.27. The molecule has 5 heterocycles. The zero-order chi connectivity index (χ0) is 22.3. The molecular weight excluding hydrogens is 414 g/mol. The minimum absolute atomic E-state index is 0.283. The van der Waals surface area contributed by atoms with Crippen molar-refractivity contribution in [3.05, 3.63) is 66.6 Å². The fraction of sp³-hybridized carbons (Fsp3) is 0.200. The molecule has 33 heavy (non-hydrogen) atoms. The Labute approximate surface area is 191 Å². The summed E-state index contributed by atoms with van der Waals surface area (Å²) in [5.41, 5.74) is 2.98. The molecule has 0 radical (unpaired) electrons. The molecule has 0 aliphatic carbocycles. The molecule has 0 saturated carbocycles. The van der Waals surface area contributed by atoms with E-state index in [1.165, 1.54) is 12.7 Å². The van der Waals surface area contributed by atoms with E-state index in [2.05, 4.69) is 36.4 Å². The number of nitrogens with zero attached hydrogens (tertiary/aromatic N) is 5. The number of para-hydroxylation sites is 1. The first-order valence-corrected chi connectivity index (χ1v) is 10.8. The normalized spacial score (nSPS) is 16.0. The molecule has 0 atom stereocenters. The first kappa shape index (κ1) is 19.5. The SMILES string of the molecule is C#Cc1cc(Nc2ncnc3ccc(N4CC5(CCN5)C4)nc23)cnc1Oc1ccccc1. The van der Waals surface area contributed by atoms with E-state index in [1.807, 2.05) is 48.5 Å². The summed E-state index contributed by atoms with van der Waals surface area (Å²) in [6.07, 6.45) is 10.1. The first-order chi connectivity index (χ1) is 16.2.